The van der Waals surface area contributed by atoms with E-state index < -0.39 is 23.4 Å². The van der Waals surface area contributed by atoms with Crippen LogP contribution in [0, 0.1) is 10.1 Å². The van der Waals surface area contributed by atoms with Gasteiger partial charge in [-0.25, -0.2) is 4.79 Å². The maximum Gasteiger partial charge on any atom is 0.340 e. The number of fused-ring (bicyclic) bond motifs is 1. The third kappa shape index (κ3) is 4.18. The summed E-state index contributed by atoms with van der Waals surface area (Å²) in [5.41, 5.74) is 5.84. The van der Waals surface area contributed by atoms with Gasteiger partial charge in [-0.15, -0.1) is 0 Å². The van der Waals surface area contributed by atoms with Gasteiger partial charge in [0.05, 0.1) is 16.2 Å². The number of hydrogen-bond donors (Lipinski definition) is 2. The van der Waals surface area contributed by atoms with Gasteiger partial charge in [0, 0.05) is 17.8 Å². The average molecular weight is 365 g/mol. The molecule has 0 aromatic heterocycles. The molecule has 0 unspecified atom stereocenters. The number of hydrogen-bond acceptors (Lipinski definition) is 6. The van der Waals surface area contributed by atoms with E-state index in [1.807, 2.05) is 36.4 Å². The second-order valence-corrected chi connectivity index (χ2v) is 5.71. The second-order valence-electron chi connectivity index (χ2n) is 5.71. The van der Waals surface area contributed by atoms with Crippen LogP contribution in [0.1, 0.15) is 10.4 Å². The summed E-state index contributed by atoms with van der Waals surface area (Å²) in [6.45, 7) is -0.512. The molecule has 8 nitrogen and oxygen atoms in total. The molecule has 0 heterocycles. The molecule has 0 fully saturated rings. The predicted molar refractivity (Wildman–Crippen MR) is 100 cm³/mol. The Balaban J connectivity index is 1.61. The lowest BCUT2D eigenvalue weighted by molar-refractivity contribution is -0.384. The van der Waals surface area contributed by atoms with E-state index in [2.05, 4.69) is 5.32 Å². The van der Waals surface area contributed by atoms with E-state index in [1.54, 1.807) is 6.07 Å². The first-order chi connectivity index (χ1) is 12.9. The number of amides is 1. The van der Waals surface area contributed by atoms with Crippen molar-refractivity contribution in [1.29, 1.82) is 0 Å². The van der Waals surface area contributed by atoms with Crippen LogP contribution < -0.4 is 11.1 Å². The summed E-state index contributed by atoms with van der Waals surface area (Å²) in [5, 5.41) is 15.3. The highest BCUT2D eigenvalue weighted by atomic mass is 16.6. The van der Waals surface area contributed by atoms with Crippen LogP contribution in [0.15, 0.2) is 60.7 Å². The number of nitro benzene ring substituents is 1. The van der Waals surface area contributed by atoms with E-state index >= 15 is 0 Å². The zero-order chi connectivity index (χ0) is 19.4. The summed E-state index contributed by atoms with van der Waals surface area (Å²) < 4.78 is 4.93. The van der Waals surface area contributed by atoms with E-state index in [4.69, 9.17) is 10.5 Å². The lowest BCUT2D eigenvalue weighted by Gasteiger charge is -2.08. The number of nitro groups is 1. The number of carbonyl (C=O) groups is 2. The molecule has 0 saturated carbocycles. The van der Waals surface area contributed by atoms with Crippen LogP contribution in [0.2, 0.25) is 0 Å². The largest absolute Gasteiger partial charge is 0.452 e. The lowest BCUT2D eigenvalue weighted by Crippen LogP contribution is -2.21. The van der Waals surface area contributed by atoms with Crippen LogP contribution in [0.25, 0.3) is 10.8 Å². The molecule has 136 valence electrons. The Morgan fingerprint density at radius 2 is 1.78 bits per heavy atom. The molecule has 0 saturated heterocycles. The standard InChI is InChI=1S/C19H15N3O5/c20-17-10-15(22(25)26)7-8-16(17)19(24)27-11-18(23)21-14-6-5-12-3-1-2-4-13(12)9-14/h1-10H,11,20H2,(H,21,23). The number of ether oxygens (including phenoxy) is 1. The fourth-order valence-corrected chi connectivity index (χ4v) is 2.52. The zero-order valence-corrected chi connectivity index (χ0v) is 14.0. The highest BCUT2D eigenvalue weighted by Gasteiger charge is 2.16. The molecule has 0 radical (unpaired) electrons. The molecule has 0 aliphatic heterocycles. The maximum absolute atomic E-state index is 12.0. The first-order valence-corrected chi connectivity index (χ1v) is 7.94. The number of anilines is 2. The van der Waals surface area contributed by atoms with Gasteiger partial charge in [-0.2, -0.15) is 0 Å². The van der Waals surface area contributed by atoms with E-state index in [0.717, 1.165) is 22.9 Å². The van der Waals surface area contributed by atoms with Crippen LogP contribution in [0.5, 0.6) is 0 Å². The Kier molecular flexibility index (Phi) is 4.98. The van der Waals surface area contributed by atoms with Crippen molar-refractivity contribution in [2.45, 2.75) is 0 Å². The van der Waals surface area contributed by atoms with Crippen molar-refractivity contribution in [3.05, 3.63) is 76.3 Å². The van der Waals surface area contributed by atoms with Crippen molar-refractivity contribution >= 4 is 39.7 Å². The van der Waals surface area contributed by atoms with Gasteiger partial charge in [-0.3, -0.25) is 14.9 Å². The monoisotopic (exact) mass is 365 g/mol. The minimum Gasteiger partial charge on any atom is -0.452 e. The van der Waals surface area contributed by atoms with Crippen LogP contribution in [-0.4, -0.2) is 23.4 Å². The summed E-state index contributed by atoms with van der Waals surface area (Å²) in [6, 6.07) is 16.5. The quantitative estimate of drug-likeness (QED) is 0.310. The average Bonchev–Trinajstić information content (AvgIpc) is 2.66. The van der Waals surface area contributed by atoms with Gasteiger partial charge in [0.1, 0.15) is 0 Å². The number of carbonyl (C=O) groups excluding carboxylic acids is 2. The van der Waals surface area contributed by atoms with Crippen molar-refractivity contribution in [3.63, 3.8) is 0 Å². The number of nitrogens with one attached hydrogen (secondary N) is 1. The van der Waals surface area contributed by atoms with Crippen LogP contribution in [-0.2, 0) is 9.53 Å². The fourth-order valence-electron chi connectivity index (χ4n) is 2.52. The van der Waals surface area contributed by atoms with Crippen molar-refractivity contribution in [1.82, 2.24) is 0 Å². The number of rotatable bonds is 5. The van der Waals surface area contributed by atoms with Crippen molar-refractivity contribution < 1.29 is 19.2 Å². The molecule has 0 bridgehead atoms. The van der Waals surface area contributed by atoms with Gasteiger partial charge in [0.25, 0.3) is 11.6 Å². The van der Waals surface area contributed by atoms with Crippen molar-refractivity contribution in [2.75, 3.05) is 17.7 Å². The summed E-state index contributed by atoms with van der Waals surface area (Å²) in [4.78, 5) is 34.1. The zero-order valence-electron chi connectivity index (χ0n) is 14.0. The number of nitrogen functional groups attached to an aromatic ring is 1. The number of benzene rings is 3. The summed E-state index contributed by atoms with van der Waals surface area (Å²) >= 11 is 0. The fraction of sp³-hybridized carbons (Fsp3) is 0.0526. The molecule has 27 heavy (non-hydrogen) atoms. The maximum atomic E-state index is 12.0. The molecule has 0 aliphatic rings. The number of non-ortho nitro benzene ring substituents is 1. The predicted octanol–water partition coefficient (Wildman–Crippen LogP) is 3.13. The summed E-state index contributed by atoms with van der Waals surface area (Å²) in [5.74, 6) is -1.35. The van der Waals surface area contributed by atoms with E-state index in [-0.39, 0.29) is 16.9 Å². The minimum atomic E-state index is -0.837. The molecule has 0 aliphatic carbocycles. The molecular formula is C19H15N3O5. The van der Waals surface area contributed by atoms with Crippen molar-refractivity contribution in [3.8, 4) is 0 Å². The Labute approximate surface area is 153 Å². The van der Waals surface area contributed by atoms with E-state index in [1.165, 1.54) is 6.07 Å². The van der Waals surface area contributed by atoms with Gasteiger partial charge >= 0.3 is 5.97 Å². The summed E-state index contributed by atoms with van der Waals surface area (Å²) in [7, 11) is 0. The Hall–Kier alpha value is -3.94. The Bertz CT molecular complexity index is 1050. The highest BCUT2D eigenvalue weighted by Crippen LogP contribution is 2.21. The van der Waals surface area contributed by atoms with Crippen LogP contribution in [0.3, 0.4) is 0 Å². The van der Waals surface area contributed by atoms with Gasteiger partial charge in [0.15, 0.2) is 6.61 Å². The van der Waals surface area contributed by atoms with Gasteiger partial charge in [-0.1, -0.05) is 30.3 Å². The third-order valence-corrected chi connectivity index (χ3v) is 3.83. The first-order valence-electron chi connectivity index (χ1n) is 7.94. The van der Waals surface area contributed by atoms with Gasteiger partial charge in [0.2, 0.25) is 0 Å². The molecule has 1 amide bonds. The Morgan fingerprint density at radius 3 is 2.48 bits per heavy atom. The third-order valence-electron chi connectivity index (χ3n) is 3.83. The highest BCUT2D eigenvalue weighted by molar-refractivity contribution is 5.99. The molecule has 3 aromatic carbocycles. The Morgan fingerprint density at radius 1 is 1.04 bits per heavy atom. The van der Waals surface area contributed by atoms with Gasteiger partial charge in [-0.05, 0) is 29.0 Å². The molecule has 0 spiro atoms. The normalized spacial score (nSPS) is 10.4. The SMILES string of the molecule is Nc1cc([N+](=O)[O-])ccc1C(=O)OCC(=O)Nc1ccc2ccccc2c1. The lowest BCUT2D eigenvalue weighted by atomic mass is 10.1. The molecular weight excluding hydrogens is 350 g/mol. The number of nitrogens with zero attached hydrogens (tertiary/aromatic N) is 1. The van der Waals surface area contributed by atoms with Crippen molar-refractivity contribution in [2.24, 2.45) is 0 Å². The molecule has 8 heteroatoms. The van der Waals surface area contributed by atoms with Crippen LogP contribution in [0.4, 0.5) is 17.1 Å². The van der Waals surface area contributed by atoms with E-state index in [0.29, 0.717) is 5.69 Å². The first kappa shape index (κ1) is 17.9. The number of nitrogens with two attached hydrogens (primary N) is 1. The van der Waals surface area contributed by atoms with Crippen LogP contribution >= 0.6 is 0 Å². The molecule has 3 rings (SSSR count). The smallest absolute Gasteiger partial charge is 0.340 e. The topological polar surface area (TPSA) is 125 Å². The van der Waals surface area contributed by atoms with E-state index in [9.17, 15) is 19.7 Å². The summed E-state index contributed by atoms with van der Waals surface area (Å²) in [6.07, 6.45) is 0. The number of esters is 1. The molecule has 3 aromatic rings. The molecule has 0 atom stereocenters. The minimum absolute atomic E-state index is 0.0425. The van der Waals surface area contributed by atoms with Gasteiger partial charge < -0.3 is 15.8 Å². The second kappa shape index (κ2) is 7.52. The molecule has 3 N–H and O–H groups in total.